The van der Waals surface area contributed by atoms with E-state index < -0.39 is 10.0 Å². The molecule has 0 unspecified atom stereocenters. The summed E-state index contributed by atoms with van der Waals surface area (Å²) >= 11 is 1.73. The van der Waals surface area contributed by atoms with Crippen LogP contribution in [0.25, 0.3) is 0 Å². The third-order valence-corrected chi connectivity index (χ3v) is 4.92. The molecule has 112 valence electrons. The lowest BCUT2D eigenvalue weighted by molar-refractivity contribution is 0.343. The van der Waals surface area contributed by atoms with Gasteiger partial charge in [-0.25, -0.2) is 13.6 Å². The number of hydrogen-bond donors (Lipinski definition) is 1. The molecule has 2 rings (SSSR count). The summed E-state index contributed by atoms with van der Waals surface area (Å²) in [5, 5.41) is 5.04. The van der Waals surface area contributed by atoms with Gasteiger partial charge in [-0.15, -0.1) is 11.8 Å². The first kappa shape index (κ1) is 15.9. The van der Waals surface area contributed by atoms with E-state index in [2.05, 4.69) is 19.1 Å². The van der Waals surface area contributed by atoms with Gasteiger partial charge >= 0.3 is 0 Å². The maximum atomic E-state index is 11.1. The molecule has 0 bridgehead atoms. The van der Waals surface area contributed by atoms with Crippen molar-refractivity contribution in [2.75, 3.05) is 12.4 Å². The highest BCUT2D eigenvalue weighted by Crippen LogP contribution is 2.22. The quantitative estimate of drug-likeness (QED) is 0.655. The van der Waals surface area contributed by atoms with Gasteiger partial charge in [-0.2, -0.15) is 0 Å². The minimum Gasteiger partial charge on any atom is -0.493 e. The monoisotopic (exact) mass is 323 g/mol. The maximum Gasteiger partial charge on any atom is 0.238 e. The summed E-state index contributed by atoms with van der Waals surface area (Å²) in [6, 6.07) is 14.3. The summed E-state index contributed by atoms with van der Waals surface area (Å²) in [7, 11) is -3.65. The summed E-state index contributed by atoms with van der Waals surface area (Å²) in [5.41, 5.74) is 1.25. The number of nitrogens with two attached hydrogens (primary N) is 1. The van der Waals surface area contributed by atoms with E-state index in [4.69, 9.17) is 9.88 Å². The lowest BCUT2D eigenvalue weighted by atomic mass is 10.2. The van der Waals surface area contributed by atoms with E-state index >= 15 is 0 Å². The van der Waals surface area contributed by atoms with Crippen LogP contribution in [0, 0.1) is 6.92 Å². The molecule has 0 fully saturated rings. The highest BCUT2D eigenvalue weighted by molar-refractivity contribution is 7.99. The third-order valence-electron chi connectivity index (χ3n) is 2.86. The molecule has 21 heavy (non-hydrogen) atoms. The van der Waals surface area contributed by atoms with E-state index in [-0.39, 0.29) is 4.90 Å². The maximum absolute atomic E-state index is 11.1. The Bertz CT molecular complexity index is 697. The number of thioether (sulfide) groups is 1. The molecule has 4 nitrogen and oxygen atoms in total. The predicted octanol–water partition coefficient (Wildman–Crippen LogP) is 2.81. The van der Waals surface area contributed by atoms with Crippen LogP contribution in [0.15, 0.2) is 58.3 Å². The Morgan fingerprint density at radius 3 is 2.38 bits per heavy atom. The largest absolute Gasteiger partial charge is 0.493 e. The summed E-state index contributed by atoms with van der Waals surface area (Å²) in [5.74, 6) is 1.45. The Morgan fingerprint density at radius 2 is 1.76 bits per heavy atom. The van der Waals surface area contributed by atoms with Crippen LogP contribution in [0.3, 0.4) is 0 Å². The lowest BCUT2D eigenvalue weighted by Gasteiger charge is -2.08. The Balaban J connectivity index is 1.83. The molecule has 2 N–H and O–H groups in total. The molecule has 0 aliphatic heterocycles. The van der Waals surface area contributed by atoms with Crippen LogP contribution >= 0.6 is 11.8 Å². The minimum absolute atomic E-state index is 0.0872. The highest BCUT2D eigenvalue weighted by atomic mass is 32.2. The molecular formula is C15H17NO3S2. The standard InChI is InChI=1S/C15H17NO3S2/c1-12-4-2-3-5-15(12)20-11-10-19-13-6-8-14(9-7-13)21(16,17)18/h2-9H,10-11H2,1H3,(H2,16,17,18). The van der Waals surface area contributed by atoms with Gasteiger partial charge in [0, 0.05) is 10.6 Å². The number of benzene rings is 2. The van der Waals surface area contributed by atoms with Crippen LogP contribution in [0.4, 0.5) is 0 Å². The zero-order valence-electron chi connectivity index (χ0n) is 11.7. The van der Waals surface area contributed by atoms with E-state index in [0.29, 0.717) is 12.4 Å². The Morgan fingerprint density at radius 1 is 1.10 bits per heavy atom. The SMILES string of the molecule is Cc1ccccc1SCCOc1ccc(S(N)(=O)=O)cc1. The average Bonchev–Trinajstić information content (AvgIpc) is 2.45. The van der Waals surface area contributed by atoms with Crippen molar-refractivity contribution in [3.8, 4) is 5.75 Å². The van der Waals surface area contributed by atoms with Crippen LogP contribution in [-0.2, 0) is 10.0 Å². The molecule has 0 aromatic heterocycles. The van der Waals surface area contributed by atoms with Crippen molar-refractivity contribution in [3.05, 3.63) is 54.1 Å². The van der Waals surface area contributed by atoms with Crippen LogP contribution in [0.1, 0.15) is 5.56 Å². The van der Waals surface area contributed by atoms with Crippen molar-refractivity contribution >= 4 is 21.8 Å². The van der Waals surface area contributed by atoms with Crippen molar-refractivity contribution in [1.82, 2.24) is 0 Å². The van der Waals surface area contributed by atoms with Crippen molar-refractivity contribution in [1.29, 1.82) is 0 Å². The molecule has 2 aromatic carbocycles. The normalized spacial score (nSPS) is 11.3. The third kappa shape index (κ3) is 4.77. The fraction of sp³-hybridized carbons (Fsp3) is 0.200. The van der Waals surface area contributed by atoms with Gasteiger partial charge in [0.1, 0.15) is 5.75 Å². The topological polar surface area (TPSA) is 69.4 Å². The van der Waals surface area contributed by atoms with E-state index in [0.717, 1.165) is 5.75 Å². The first-order chi connectivity index (χ1) is 9.97. The predicted molar refractivity (Wildman–Crippen MR) is 85.2 cm³/mol. The minimum atomic E-state index is -3.65. The molecule has 0 saturated carbocycles. The smallest absolute Gasteiger partial charge is 0.238 e. The van der Waals surface area contributed by atoms with Crippen LogP contribution in [0.2, 0.25) is 0 Å². The molecule has 6 heteroatoms. The van der Waals surface area contributed by atoms with E-state index in [1.54, 1.807) is 23.9 Å². The second kappa shape index (κ2) is 6.98. The first-order valence-corrected chi connectivity index (χ1v) is 8.94. The molecule has 2 aromatic rings. The Kier molecular flexibility index (Phi) is 5.27. The number of aryl methyl sites for hydroxylation is 1. The van der Waals surface area contributed by atoms with Crippen molar-refractivity contribution in [2.24, 2.45) is 5.14 Å². The average molecular weight is 323 g/mol. The summed E-state index contributed by atoms with van der Waals surface area (Å²) < 4.78 is 27.8. The number of primary sulfonamides is 1. The number of rotatable bonds is 6. The van der Waals surface area contributed by atoms with Gasteiger partial charge in [0.15, 0.2) is 0 Å². The van der Waals surface area contributed by atoms with Gasteiger partial charge in [0.2, 0.25) is 10.0 Å². The van der Waals surface area contributed by atoms with Gasteiger partial charge in [0.05, 0.1) is 11.5 Å². The second-order valence-corrected chi connectivity index (χ2v) is 7.18. The molecular weight excluding hydrogens is 306 g/mol. The van der Waals surface area contributed by atoms with Crippen LogP contribution in [-0.4, -0.2) is 20.8 Å². The molecule has 0 atom stereocenters. The number of ether oxygens (including phenoxy) is 1. The first-order valence-electron chi connectivity index (χ1n) is 6.41. The zero-order chi connectivity index (χ0) is 15.3. The lowest BCUT2D eigenvalue weighted by Crippen LogP contribution is -2.11. The number of hydrogen-bond acceptors (Lipinski definition) is 4. The highest BCUT2D eigenvalue weighted by Gasteiger charge is 2.06. The molecule has 0 aliphatic carbocycles. The fourth-order valence-electron chi connectivity index (χ4n) is 1.76. The zero-order valence-corrected chi connectivity index (χ0v) is 13.3. The molecule has 0 aliphatic rings. The van der Waals surface area contributed by atoms with Crippen molar-refractivity contribution in [2.45, 2.75) is 16.7 Å². The summed E-state index contributed by atoms with van der Waals surface area (Å²) in [6.45, 7) is 2.63. The van der Waals surface area contributed by atoms with Crippen molar-refractivity contribution in [3.63, 3.8) is 0 Å². The van der Waals surface area contributed by atoms with Crippen LogP contribution in [0.5, 0.6) is 5.75 Å². The van der Waals surface area contributed by atoms with Crippen molar-refractivity contribution < 1.29 is 13.2 Å². The second-order valence-electron chi connectivity index (χ2n) is 4.48. The van der Waals surface area contributed by atoms with Gasteiger partial charge < -0.3 is 4.74 Å². The summed E-state index contributed by atoms with van der Waals surface area (Å²) in [4.78, 5) is 1.33. The summed E-state index contributed by atoms with van der Waals surface area (Å²) in [6.07, 6.45) is 0. The van der Waals surface area contributed by atoms with Crippen LogP contribution < -0.4 is 9.88 Å². The fourth-order valence-corrected chi connectivity index (χ4v) is 3.13. The number of sulfonamides is 1. The van der Waals surface area contributed by atoms with Gasteiger partial charge in [-0.05, 0) is 42.8 Å². The molecule has 0 amide bonds. The van der Waals surface area contributed by atoms with E-state index in [1.165, 1.54) is 22.6 Å². The molecule has 0 radical (unpaired) electrons. The van der Waals surface area contributed by atoms with E-state index in [9.17, 15) is 8.42 Å². The molecule has 0 saturated heterocycles. The van der Waals surface area contributed by atoms with Gasteiger partial charge in [0.25, 0.3) is 0 Å². The van der Waals surface area contributed by atoms with Gasteiger partial charge in [-0.3, -0.25) is 0 Å². The molecule has 0 spiro atoms. The van der Waals surface area contributed by atoms with E-state index in [1.807, 2.05) is 12.1 Å². The van der Waals surface area contributed by atoms with Gasteiger partial charge in [-0.1, -0.05) is 18.2 Å². The Hall–Kier alpha value is -1.50. The molecule has 0 heterocycles. The Labute approximate surface area is 129 Å².